The Morgan fingerprint density at radius 1 is 1.07 bits per heavy atom. The molecule has 0 unspecified atom stereocenters. The quantitative estimate of drug-likeness (QED) is 0.264. The summed E-state index contributed by atoms with van der Waals surface area (Å²) in [4.78, 5) is 6.71. The Labute approximate surface area is 241 Å². The molecular weight excluding hydrogens is 542 g/mol. The van der Waals surface area contributed by atoms with Crippen molar-refractivity contribution in [2.24, 2.45) is 0 Å². The molecule has 10 heteroatoms. The van der Waals surface area contributed by atoms with Gasteiger partial charge in [-0.1, -0.05) is 31.2 Å². The van der Waals surface area contributed by atoms with Crippen LogP contribution in [0.1, 0.15) is 47.2 Å². The number of anilines is 2. The molecule has 0 spiro atoms. The lowest BCUT2D eigenvalue weighted by molar-refractivity contribution is 0.417. The minimum Gasteiger partial charge on any atom is -0.495 e. The fourth-order valence-corrected chi connectivity index (χ4v) is 6.46. The molecule has 1 aliphatic heterocycles. The topological polar surface area (TPSA) is 88.5 Å². The van der Waals surface area contributed by atoms with Crippen LogP contribution in [0.15, 0.2) is 72.9 Å². The van der Waals surface area contributed by atoms with Crippen LogP contribution >= 0.6 is 12.2 Å². The van der Waals surface area contributed by atoms with E-state index < -0.39 is 10.0 Å². The van der Waals surface area contributed by atoms with Crippen molar-refractivity contribution >= 4 is 38.7 Å². The summed E-state index contributed by atoms with van der Waals surface area (Å²) in [6, 6.07) is 21.4. The van der Waals surface area contributed by atoms with Crippen LogP contribution in [0, 0.1) is 13.8 Å². The Bertz CT molecular complexity index is 1670. The third-order valence-corrected chi connectivity index (χ3v) is 8.16. The monoisotopic (exact) mass is 575 g/mol. The fraction of sp³-hybridized carbons (Fsp3) is 0.267. The summed E-state index contributed by atoms with van der Waals surface area (Å²) in [5, 5.41) is 4.02. The minimum absolute atomic E-state index is 0.238. The first-order valence-electron chi connectivity index (χ1n) is 13.1. The standard InChI is InChI=1S/C30H33N5O3S2/c1-6-21-11-7-8-13-26(21)34-19(2)17-23(20(34)3)29-28(24-12-9-10-16-31-24)32-30(39)35(29)22-14-15-27(38-4)25(18-22)33-40(5,36)37/h7-18,28-29,33H,6H2,1-5H3,(H,32,39)/t28-,29-/m0/s1. The number of hydrogen-bond acceptors (Lipinski definition) is 5. The van der Waals surface area contributed by atoms with E-state index in [2.05, 4.69) is 70.7 Å². The molecule has 5 rings (SSSR count). The number of thiocarbonyl (C=S) groups is 1. The molecule has 2 atom stereocenters. The van der Waals surface area contributed by atoms with E-state index >= 15 is 0 Å². The molecular formula is C30H33N5O3S2. The van der Waals surface area contributed by atoms with Crippen molar-refractivity contribution in [3.8, 4) is 11.4 Å². The van der Waals surface area contributed by atoms with E-state index in [1.165, 1.54) is 12.7 Å². The van der Waals surface area contributed by atoms with Gasteiger partial charge in [0.05, 0.1) is 36.8 Å². The third-order valence-electron chi connectivity index (χ3n) is 7.26. The summed E-state index contributed by atoms with van der Waals surface area (Å²) in [5.41, 5.74) is 7.66. The maximum Gasteiger partial charge on any atom is 0.229 e. The molecule has 8 nitrogen and oxygen atoms in total. The molecule has 208 valence electrons. The molecule has 0 bridgehead atoms. The van der Waals surface area contributed by atoms with Gasteiger partial charge in [-0.05, 0) is 86.1 Å². The largest absolute Gasteiger partial charge is 0.495 e. The van der Waals surface area contributed by atoms with Crippen LogP contribution in [0.4, 0.5) is 11.4 Å². The van der Waals surface area contributed by atoms with Gasteiger partial charge in [-0.25, -0.2) is 8.42 Å². The van der Waals surface area contributed by atoms with Crippen LogP contribution in [-0.4, -0.2) is 36.4 Å². The predicted molar refractivity (Wildman–Crippen MR) is 164 cm³/mol. The first kappa shape index (κ1) is 27.7. The first-order valence-corrected chi connectivity index (χ1v) is 15.4. The van der Waals surface area contributed by atoms with Gasteiger partial charge < -0.3 is 19.5 Å². The molecule has 4 aromatic rings. The van der Waals surface area contributed by atoms with Crippen molar-refractivity contribution in [1.82, 2.24) is 14.9 Å². The van der Waals surface area contributed by atoms with E-state index in [9.17, 15) is 8.42 Å². The van der Waals surface area contributed by atoms with E-state index in [-0.39, 0.29) is 12.1 Å². The van der Waals surface area contributed by atoms with Gasteiger partial charge in [-0.3, -0.25) is 9.71 Å². The van der Waals surface area contributed by atoms with Crippen molar-refractivity contribution in [3.63, 3.8) is 0 Å². The van der Waals surface area contributed by atoms with E-state index in [4.69, 9.17) is 17.0 Å². The van der Waals surface area contributed by atoms with E-state index in [1.807, 2.05) is 29.2 Å². The third kappa shape index (κ3) is 5.16. The highest BCUT2D eigenvalue weighted by Gasteiger charge is 2.42. The Balaban J connectivity index is 1.70. The number of methoxy groups -OCH3 is 1. The Hall–Kier alpha value is -3.89. The average Bonchev–Trinajstić information content (AvgIpc) is 3.42. The van der Waals surface area contributed by atoms with Crippen molar-refractivity contribution in [3.05, 3.63) is 101 Å². The number of ether oxygens (including phenoxy) is 1. The summed E-state index contributed by atoms with van der Waals surface area (Å²) in [7, 11) is -2.03. The molecule has 0 saturated carbocycles. The molecule has 40 heavy (non-hydrogen) atoms. The molecule has 2 aromatic heterocycles. The number of rotatable bonds is 8. The summed E-state index contributed by atoms with van der Waals surface area (Å²) in [6.07, 6.45) is 3.81. The van der Waals surface area contributed by atoms with Gasteiger partial charge in [-0.2, -0.15) is 0 Å². The Morgan fingerprint density at radius 2 is 1.82 bits per heavy atom. The Morgan fingerprint density at radius 3 is 2.50 bits per heavy atom. The summed E-state index contributed by atoms with van der Waals surface area (Å²) < 4.78 is 34.6. The lowest BCUT2D eigenvalue weighted by Crippen LogP contribution is -2.29. The minimum atomic E-state index is -3.54. The molecule has 3 heterocycles. The van der Waals surface area contributed by atoms with Gasteiger partial charge in [0.25, 0.3) is 0 Å². The van der Waals surface area contributed by atoms with Crippen LogP contribution < -0.4 is 19.7 Å². The molecule has 2 N–H and O–H groups in total. The molecule has 1 fully saturated rings. The van der Waals surface area contributed by atoms with Crippen LogP contribution in [-0.2, 0) is 16.4 Å². The maximum absolute atomic E-state index is 12.1. The Kier molecular flexibility index (Phi) is 7.57. The molecule has 0 amide bonds. The zero-order valence-electron chi connectivity index (χ0n) is 23.2. The number of nitrogens with one attached hydrogen (secondary N) is 2. The van der Waals surface area contributed by atoms with Gasteiger partial charge in [-0.15, -0.1) is 0 Å². The average molecular weight is 576 g/mol. The maximum atomic E-state index is 12.1. The highest BCUT2D eigenvalue weighted by atomic mass is 32.2. The number of sulfonamides is 1. The highest BCUT2D eigenvalue weighted by Crippen LogP contribution is 2.45. The highest BCUT2D eigenvalue weighted by molar-refractivity contribution is 7.92. The predicted octanol–water partition coefficient (Wildman–Crippen LogP) is 5.61. The zero-order chi connectivity index (χ0) is 28.6. The van der Waals surface area contributed by atoms with Crippen LogP contribution in [0.5, 0.6) is 5.75 Å². The number of benzene rings is 2. The SMILES string of the molecule is CCc1ccccc1-n1c(C)cc([C@H]2[C@H](c3ccccn3)NC(=S)N2c2ccc(OC)c(NS(C)(=O)=O)c2)c1C. The number of aryl methyl sites for hydroxylation is 2. The van der Waals surface area contributed by atoms with E-state index in [0.29, 0.717) is 16.5 Å². The second-order valence-corrected chi connectivity index (χ2v) is 12.0. The van der Waals surface area contributed by atoms with Gasteiger partial charge in [0.2, 0.25) is 10.0 Å². The number of para-hydroxylation sites is 1. The number of pyridine rings is 1. The van der Waals surface area contributed by atoms with Crippen molar-refractivity contribution in [2.75, 3.05) is 23.0 Å². The molecule has 1 saturated heterocycles. The van der Waals surface area contributed by atoms with Crippen molar-refractivity contribution < 1.29 is 13.2 Å². The van der Waals surface area contributed by atoms with Gasteiger partial charge in [0.1, 0.15) is 5.75 Å². The lowest BCUT2D eigenvalue weighted by Gasteiger charge is -2.29. The zero-order valence-corrected chi connectivity index (χ0v) is 24.8. The summed E-state index contributed by atoms with van der Waals surface area (Å²) in [6.45, 7) is 6.41. The molecule has 1 aliphatic rings. The van der Waals surface area contributed by atoms with Crippen LogP contribution in [0.3, 0.4) is 0 Å². The van der Waals surface area contributed by atoms with Crippen LogP contribution in [0.25, 0.3) is 5.69 Å². The molecule has 2 aromatic carbocycles. The number of aromatic nitrogens is 2. The van der Waals surface area contributed by atoms with Gasteiger partial charge in [0.15, 0.2) is 5.11 Å². The van der Waals surface area contributed by atoms with Gasteiger partial charge in [0, 0.05) is 29.0 Å². The smallest absolute Gasteiger partial charge is 0.229 e. The van der Waals surface area contributed by atoms with E-state index in [1.54, 1.807) is 18.3 Å². The van der Waals surface area contributed by atoms with Gasteiger partial charge >= 0.3 is 0 Å². The summed E-state index contributed by atoms with van der Waals surface area (Å²) in [5.74, 6) is 0.416. The normalized spacial score (nSPS) is 17.1. The second-order valence-electron chi connectivity index (χ2n) is 9.90. The second kappa shape index (κ2) is 10.9. The van der Waals surface area contributed by atoms with Crippen LogP contribution in [0.2, 0.25) is 0 Å². The molecule has 0 radical (unpaired) electrons. The number of nitrogens with zero attached hydrogens (tertiary/aromatic N) is 3. The fourth-order valence-electron chi connectivity index (χ4n) is 5.56. The number of hydrogen-bond donors (Lipinski definition) is 2. The van der Waals surface area contributed by atoms with Crippen molar-refractivity contribution in [2.45, 2.75) is 39.3 Å². The van der Waals surface area contributed by atoms with E-state index in [0.717, 1.165) is 46.7 Å². The van der Waals surface area contributed by atoms with Crippen molar-refractivity contribution in [1.29, 1.82) is 0 Å². The first-order chi connectivity index (χ1) is 19.1. The summed E-state index contributed by atoms with van der Waals surface area (Å²) >= 11 is 5.92. The molecule has 0 aliphatic carbocycles. The lowest BCUT2D eigenvalue weighted by atomic mass is 9.96.